The van der Waals surface area contributed by atoms with Gasteiger partial charge in [-0.05, 0) is 30.3 Å². The monoisotopic (exact) mass is 353 g/mol. The highest BCUT2D eigenvalue weighted by molar-refractivity contribution is 9.10. The summed E-state index contributed by atoms with van der Waals surface area (Å²) in [6.45, 7) is 0.426. The Hall–Kier alpha value is -1.10. The summed E-state index contributed by atoms with van der Waals surface area (Å²) in [5, 5.41) is 1.54. The van der Waals surface area contributed by atoms with Crippen LogP contribution in [-0.4, -0.2) is 4.98 Å². The number of rotatable bonds is 3. The van der Waals surface area contributed by atoms with E-state index in [1.165, 1.54) is 4.70 Å². The van der Waals surface area contributed by atoms with Gasteiger partial charge in [-0.2, -0.15) is 0 Å². The van der Waals surface area contributed by atoms with Gasteiger partial charge in [-0.3, -0.25) is 0 Å². The van der Waals surface area contributed by atoms with Crippen LogP contribution < -0.4 is 4.74 Å². The topological polar surface area (TPSA) is 22.1 Å². The van der Waals surface area contributed by atoms with Crippen LogP contribution in [-0.2, 0) is 6.61 Å². The zero-order valence-electron chi connectivity index (χ0n) is 9.77. The molecule has 0 aliphatic heterocycles. The fraction of sp³-hybridized carbons (Fsp3) is 0.0714. The van der Waals surface area contributed by atoms with Crippen molar-refractivity contribution in [2.45, 2.75) is 6.61 Å². The van der Waals surface area contributed by atoms with Gasteiger partial charge in [0.05, 0.1) is 15.2 Å². The van der Waals surface area contributed by atoms with Gasteiger partial charge in [0.25, 0.3) is 0 Å². The van der Waals surface area contributed by atoms with Crippen molar-refractivity contribution in [2.75, 3.05) is 0 Å². The van der Waals surface area contributed by atoms with Crippen molar-refractivity contribution < 1.29 is 4.74 Å². The van der Waals surface area contributed by atoms with Gasteiger partial charge in [0.1, 0.15) is 17.4 Å². The Bertz CT molecular complexity index is 695. The van der Waals surface area contributed by atoms with Crippen LogP contribution in [0.15, 0.2) is 46.9 Å². The smallest absolute Gasteiger partial charge is 0.140 e. The molecule has 0 amide bonds. The largest absolute Gasteiger partial charge is 0.485 e. The molecule has 0 N–H and O–H groups in total. The van der Waals surface area contributed by atoms with Gasteiger partial charge in [0.2, 0.25) is 0 Å². The maximum absolute atomic E-state index is 6.08. The summed E-state index contributed by atoms with van der Waals surface area (Å²) < 4.78 is 7.83. The van der Waals surface area contributed by atoms with Crippen LogP contribution in [0.1, 0.15) is 5.01 Å². The first-order valence-electron chi connectivity index (χ1n) is 5.65. The van der Waals surface area contributed by atoms with E-state index in [0.29, 0.717) is 17.4 Å². The molecule has 0 spiro atoms. The highest BCUT2D eigenvalue weighted by Crippen LogP contribution is 2.29. The Morgan fingerprint density at radius 1 is 1.21 bits per heavy atom. The molecule has 0 fully saturated rings. The molecule has 0 saturated carbocycles. The highest BCUT2D eigenvalue weighted by atomic mass is 79.9. The molecule has 1 aromatic heterocycles. The molecule has 96 valence electrons. The van der Waals surface area contributed by atoms with Gasteiger partial charge >= 0.3 is 0 Å². The molecule has 2 aromatic carbocycles. The lowest BCUT2D eigenvalue weighted by molar-refractivity contribution is 0.306. The molecule has 0 aliphatic rings. The summed E-state index contributed by atoms with van der Waals surface area (Å²) in [4.78, 5) is 4.52. The molecule has 3 aromatic rings. The summed E-state index contributed by atoms with van der Waals surface area (Å²) in [5.41, 5.74) is 1.01. The molecular weight excluding hydrogens is 346 g/mol. The molecule has 0 atom stereocenters. The Morgan fingerprint density at radius 2 is 2.05 bits per heavy atom. The van der Waals surface area contributed by atoms with E-state index >= 15 is 0 Å². The standard InChI is InChI=1S/C14H9BrClNOS/c15-9-5-6-10(16)12(7-9)18-8-14-17-11-3-1-2-4-13(11)19-14/h1-7H,8H2. The maximum Gasteiger partial charge on any atom is 0.140 e. The number of fused-ring (bicyclic) bond motifs is 1. The summed E-state index contributed by atoms with van der Waals surface area (Å²) in [6, 6.07) is 13.6. The molecule has 0 radical (unpaired) electrons. The first-order valence-corrected chi connectivity index (χ1v) is 7.63. The molecule has 0 saturated heterocycles. The Morgan fingerprint density at radius 3 is 2.89 bits per heavy atom. The van der Waals surface area contributed by atoms with E-state index in [4.69, 9.17) is 16.3 Å². The Kier molecular flexibility index (Phi) is 3.73. The van der Waals surface area contributed by atoms with Gasteiger partial charge < -0.3 is 4.74 Å². The van der Waals surface area contributed by atoms with Crippen molar-refractivity contribution in [1.82, 2.24) is 4.98 Å². The van der Waals surface area contributed by atoms with E-state index in [0.717, 1.165) is 15.0 Å². The molecule has 0 bridgehead atoms. The van der Waals surface area contributed by atoms with Crippen LogP contribution in [0, 0.1) is 0 Å². The number of nitrogens with zero attached hydrogens (tertiary/aromatic N) is 1. The average molecular weight is 355 g/mol. The molecule has 5 heteroatoms. The van der Waals surface area contributed by atoms with Crippen LogP contribution in [0.5, 0.6) is 5.75 Å². The second-order valence-electron chi connectivity index (χ2n) is 3.94. The third kappa shape index (κ3) is 2.91. The summed E-state index contributed by atoms with van der Waals surface area (Å²) >= 11 is 11.1. The number of benzene rings is 2. The maximum atomic E-state index is 6.08. The third-order valence-electron chi connectivity index (χ3n) is 2.58. The van der Waals surface area contributed by atoms with E-state index in [1.807, 2.05) is 30.3 Å². The number of hydrogen-bond acceptors (Lipinski definition) is 3. The minimum absolute atomic E-state index is 0.426. The zero-order chi connectivity index (χ0) is 13.2. The van der Waals surface area contributed by atoms with Crippen LogP contribution in [0.3, 0.4) is 0 Å². The first-order chi connectivity index (χ1) is 9.22. The van der Waals surface area contributed by atoms with Crippen molar-refractivity contribution >= 4 is 49.1 Å². The molecule has 0 aliphatic carbocycles. The quantitative estimate of drug-likeness (QED) is 0.637. The molecule has 0 unspecified atom stereocenters. The lowest BCUT2D eigenvalue weighted by atomic mass is 10.3. The second-order valence-corrected chi connectivity index (χ2v) is 6.38. The van der Waals surface area contributed by atoms with E-state index in [9.17, 15) is 0 Å². The van der Waals surface area contributed by atoms with Crippen molar-refractivity contribution in [3.05, 3.63) is 57.0 Å². The van der Waals surface area contributed by atoms with Crippen LogP contribution in [0.25, 0.3) is 10.2 Å². The predicted molar refractivity (Wildman–Crippen MR) is 83.1 cm³/mol. The van der Waals surface area contributed by atoms with Crippen molar-refractivity contribution in [2.24, 2.45) is 0 Å². The highest BCUT2D eigenvalue weighted by Gasteiger charge is 2.06. The van der Waals surface area contributed by atoms with Crippen LogP contribution >= 0.6 is 38.9 Å². The fourth-order valence-electron chi connectivity index (χ4n) is 1.71. The number of para-hydroxylation sites is 1. The lowest BCUT2D eigenvalue weighted by Gasteiger charge is -2.06. The van der Waals surface area contributed by atoms with E-state index < -0.39 is 0 Å². The number of hydrogen-bond donors (Lipinski definition) is 0. The average Bonchev–Trinajstić information content (AvgIpc) is 2.82. The zero-order valence-corrected chi connectivity index (χ0v) is 12.9. The van der Waals surface area contributed by atoms with Crippen molar-refractivity contribution in [3.8, 4) is 5.75 Å². The van der Waals surface area contributed by atoms with Crippen LogP contribution in [0.2, 0.25) is 5.02 Å². The van der Waals surface area contributed by atoms with Gasteiger partial charge in [-0.25, -0.2) is 4.98 Å². The van der Waals surface area contributed by atoms with Gasteiger partial charge in [0, 0.05) is 4.47 Å². The van der Waals surface area contributed by atoms with Gasteiger partial charge in [0.15, 0.2) is 0 Å². The number of thiazole rings is 1. The molecule has 3 rings (SSSR count). The Labute approximate surface area is 128 Å². The van der Waals surface area contributed by atoms with Crippen molar-refractivity contribution in [1.29, 1.82) is 0 Å². The van der Waals surface area contributed by atoms with E-state index in [-0.39, 0.29) is 0 Å². The number of aromatic nitrogens is 1. The van der Waals surface area contributed by atoms with Crippen LogP contribution in [0.4, 0.5) is 0 Å². The van der Waals surface area contributed by atoms with Gasteiger partial charge in [-0.15, -0.1) is 11.3 Å². The first kappa shape index (κ1) is 12.9. The third-order valence-corrected chi connectivity index (χ3v) is 4.40. The fourth-order valence-corrected chi connectivity index (χ4v) is 3.10. The Balaban J connectivity index is 1.80. The van der Waals surface area contributed by atoms with E-state index in [2.05, 4.69) is 27.0 Å². The number of halogens is 2. The molecule has 19 heavy (non-hydrogen) atoms. The molecule has 2 nitrogen and oxygen atoms in total. The minimum Gasteiger partial charge on any atom is -0.485 e. The van der Waals surface area contributed by atoms with Gasteiger partial charge in [-0.1, -0.05) is 39.7 Å². The minimum atomic E-state index is 0.426. The number of ether oxygens (including phenoxy) is 1. The normalized spacial score (nSPS) is 10.8. The molecular formula is C14H9BrClNOS. The summed E-state index contributed by atoms with van der Waals surface area (Å²) in [6.07, 6.45) is 0. The second kappa shape index (κ2) is 5.49. The molecule has 1 heterocycles. The van der Waals surface area contributed by atoms with E-state index in [1.54, 1.807) is 17.4 Å². The SMILES string of the molecule is Clc1ccc(Br)cc1OCc1nc2ccccc2s1. The predicted octanol–water partition coefficient (Wildman–Crippen LogP) is 5.29. The summed E-state index contributed by atoms with van der Waals surface area (Å²) in [5.74, 6) is 0.662. The summed E-state index contributed by atoms with van der Waals surface area (Å²) in [7, 11) is 0. The van der Waals surface area contributed by atoms with Crippen molar-refractivity contribution in [3.63, 3.8) is 0 Å². The lowest BCUT2D eigenvalue weighted by Crippen LogP contribution is -1.95.